The van der Waals surface area contributed by atoms with E-state index in [4.69, 9.17) is 0 Å². The smallest absolute Gasteiger partial charge is 0.247 e. The van der Waals surface area contributed by atoms with Crippen LogP contribution in [0.4, 0.5) is 0 Å². The second kappa shape index (κ2) is 5.83. The van der Waals surface area contributed by atoms with E-state index in [1.54, 1.807) is 0 Å². The Bertz CT molecular complexity index is 324. The van der Waals surface area contributed by atoms with Crippen molar-refractivity contribution in [2.75, 3.05) is 0 Å². The molecule has 0 bridgehead atoms. The van der Waals surface area contributed by atoms with Gasteiger partial charge >= 0.3 is 0 Å². The fourth-order valence-corrected chi connectivity index (χ4v) is 2.98. The molecule has 0 aromatic rings. The Morgan fingerprint density at radius 3 is 2.56 bits per heavy atom. The molecule has 2 fully saturated rings. The molecule has 18 heavy (non-hydrogen) atoms. The highest BCUT2D eigenvalue weighted by Crippen LogP contribution is 2.22. The fraction of sp³-hybridized carbons (Fsp3) is 0.857. The molecule has 2 rings (SSSR count). The third kappa shape index (κ3) is 2.74. The number of hydrogen-bond acceptors (Lipinski definition) is 3. The Labute approximate surface area is 109 Å². The van der Waals surface area contributed by atoms with Crippen LogP contribution in [0, 0.1) is 0 Å². The maximum Gasteiger partial charge on any atom is 0.247 e. The lowest BCUT2D eigenvalue weighted by Gasteiger charge is -2.26. The first-order valence-corrected chi connectivity index (χ1v) is 7.25. The first-order chi connectivity index (χ1) is 8.63. The summed E-state index contributed by atoms with van der Waals surface area (Å²) in [7, 11) is 0. The van der Waals surface area contributed by atoms with Crippen LogP contribution in [-0.4, -0.2) is 34.8 Å². The standard InChI is InChI=1S/C14H24N2O2/c1-3-10(2)16-13(17)9-12(14(16)18)15-11-7-5-4-6-8-11/h10-12,15H,3-9H2,1-2H3. The van der Waals surface area contributed by atoms with E-state index in [-0.39, 0.29) is 23.9 Å². The number of rotatable bonds is 4. The van der Waals surface area contributed by atoms with Gasteiger partial charge in [-0.1, -0.05) is 26.2 Å². The fourth-order valence-electron chi connectivity index (χ4n) is 2.98. The van der Waals surface area contributed by atoms with Crippen molar-refractivity contribution in [2.45, 2.75) is 76.9 Å². The van der Waals surface area contributed by atoms with Gasteiger partial charge in [-0.15, -0.1) is 0 Å². The van der Waals surface area contributed by atoms with Crippen LogP contribution in [0.1, 0.15) is 58.8 Å². The third-order valence-electron chi connectivity index (χ3n) is 4.26. The molecule has 1 aliphatic heterocycles. The van der Waals surface area contributed by atoms with Crippen LogP contribution in [0.5, 0.6) is 0 Å². The van der Waals surface area contributed by atoms with Crippen LogP contribution >= 0.6 is 0 Å². The molecule has 2 amide bonds. The SMILES string of the molecule is CCC(C)N1C(=O)CC(NC2CCCCC2)C1=O. The highest BCUT2D eigenvalue weighted by Gasteiger charge is 2.41. The molecule has 4 nitrogen and oxygen atoms in total. The molecule has 102 valence electrons. The molecule has 4 heteroatoms. The van der Waals surface area contributed by atoms with Crippen molar-refractivity contribution < 1.29 is 9.59 Å². The summed E-state index contributed by atoms with van der Waals surface area (Å²) in [6, 6.07) is 0.190. The van der Waals surface area contributed by atoms with E-state index in [1.165, 1.54) is 24.2 Å². The molecule has 0 aromatic heterocycles. The van der Waals surface area contributed by atoms with Gasteiger partial charge in [0.05, 0.1) is 12.5 Å². The number of likely N-dealkylation sites (tertiary alicyclic amines) is 1. The van der Waals surface area contributed by atoms with Gasteiger partial charge in [0, 0.05) is 12.1 Å². The van der Waals surface area contributed by atoms with Crippen LogP contribution in [0.25, 0.3) is 0 Å². The number of nitrogens with zero attached hydrogens (tertiary/aromatic N) is 1. The Hall–Kier alpha value is -0.900. The summed E-state index contributed by atoms with van der Waals surface area (Å²) in [6.07, 6.45) is 7.23. The van der Waals surface area contributed by atoms with E-state index in [2.05, 4.69) is 5.32 Å². The topological polar surface area (TPSA) is 49.4 Å². The second-order valence-corrected chi connectivity index (χ2v) is 5.62. The van der Waals surface area contributed by atoms with Gasteiger partial charge in [0.15, 0.2) is 0 Å². The average molecular weight is 252 g/mol. The summed E-state index contributed by atoms with van der Waals surface area (Å²) < 4.78 is 0. The Morgan fingerprint density at radius 1 is 1.28 bits per heavy atom. The van der Waals surface area contributed by atoms with Gasteiger partial charge in [-0.3, -0.25) is 14.5 Å². The van der Waals surface area contributed by atoms with Crippen molar-refractivity contribution in [1.82, 2.24) is 10.2 Å². The van der Waals surface area contributed by atoms with E-state index in [9.17, 15) is 9.59 Å². The van der Waals surface area contributed by atoms with Crippen molar-refractivity contribution in [1.29, 1.82) is 0 Å². The maximum atomic E-state index is 12.2. The highest BCUT2D eigenvalue weighted by atomic mass is 16.2. The summed E-state index contributed by atoms with van der Waals surface area (Å²) in [5, 5.41) is 3.39. The minimum absolute atomic E-state index is 0.0114. The van der Waals surface area contributed by atoms with E-state index < -0.39 is 0 Å². The second-order valence-electron chi connectivity index (χ2n) is 5.62. The van der Waals surface area contributed by atoms with Crippen molar-refractivity contribution in [3.63, 3.8) is 0 Å². The summed E-state index contributed by atoms with van der Waals surface area (Å²) in [5.74, 6) is -0.0254. The molecule has 2 unspecified atom stereocenters. The first-order valence-electron chi connectivity index (χ1n) is 7.25. The van der Waals surface area contributed by atoms with Gasteiger partial charge in [-0.25, -0.2) is 0 Å². The van der Waals surface area contributed by atoms with E-state index in [0.29, 0.717) is 12.5 Å². The Morgan fingerprint density at radius 2 is 1.94 bits per heavy atom. The van der Waals surface area contributed by atoms with Crippen molar-refractivity contribution in [3.05, 3.63) is 0 Å². The highest BCUT2D eigenvalue weighted by molar-refractivity contribution is 6.05. The predicted octanol–water partition coefficient (Wildman–Crippen LogP) is 1.83. The molecule has 0 radical (unpaired) electrons. The molecular weight excluding hydrogens is 228 g/mol. The zero-order chi connectivity index (χ0) is 13.1. The normalized spacial score (nSPS) is 27.9. The number of hydrogen-bond donors (Lipinski definition) is 1. The molecule has 1 heterocycles. The maximum absolute atomic E-state index is 12.2. The number of carbonyl (C=O) groups excluding carboxylic acids is 2. The molecule has 1 saturated heterocycles. The van der Waals surface area contributed by atoms with Gasteiger partial charge < -0.3 is 5.32 Å². The van der Waals surface area contributed by atoms with Gasteiger partial charge in [-0.2, -0.15) is 0 Å². The molecule has 0 spiro atoms. The van der Waals surface area contributed by atoms with E-state index in [1.807, 2.05) is 13.8 Å². The Balaban J connectivity index is 1.94. The van der Waals surface area contributed by atoms with Crippen LogP contribution in [0.15, 0.2) is 0 Å². The van der Waals surface area contributed by atoms with Gasteiger partial charge in [0.25, 0.3) is 0 Å². The van der Waals surface area contributed by atoms with Crippen LogP contribution in [0.2, 0.25) is 0 Å². The summed E-state index contributed by atoms with van der Waals surface area (Å²) >= 11 is 0. The average Bonchev–Trinajstić information content (AvgIpc) is 2.65. The number of carbonyl (C=O) groups is 2. The molecule has 2 aliphatic rings. The molecule has 0 aromatic carbocycles. The van der Waals surface area contributed by atoms with E-state index >= 15 is 0 Å². The van der Waals surface area contributed by atoms with Gasteiger partial charge in [-0.05, 0) is 26.2 Å². The predicted molar refractivity (Wildman–Crippen MR) is 70.0 cm³/mol. The van der Waals surface area contributed by atoms with Crippen molar-refractivity contribution in [2.24, 2.45) is 0 Å². The third-order valence-corrected chi connectivity index (χ3v) is 4.26. The van der Waals surface area contributed by atoms with Crippen LogP contribution in [-0.2, 0) is 9.59 Å². The van der Waals surface area contributed by atoms with Gasteiger partial charge in [0.1, 0.15) is 0 Å². The molecule has 1 saturated carbocycles. The monoisotopic (exact) mass is 252 g/mol. The molecule has 1 aliphatic carbocycles. The lowest BCUT2D eigenvalue weighted by atomic mass is 9.95. The first kappa shape index (κ1) is 13.5. The van der Waals surface area contributed by atoms with Crippen LogP contribution < -0.4 is 5.32 Å². The minimum atomic E-state index is -0.269. The molecule has 2 atom stereocenters. The number of imide groups is 1. The lowest BCUT2D eigenvalue weighted by Crippen LogP contribution is -2.46. The lowest BCUT2D eigenvalue weighted by molar-refractivity contribution is -0.141. The number of amides is 2. The zero-order valence-corrected chi connectivity index (χ0v) is 11.4. The summed E-state index contributed by atoms with van der Waals surface area (Å²) in [4.78, 5) is 25.6. The van der Waals surface area contributed by atoms with Crippen LogP contribution in [0.3, 0.4) is 0 Å². The minimum Gasteiger partial charge on any atom is -0.303 e. The molecular formula is C14H24N2O2. The largest absolute Gasteiger partial charge is 0.303 e. The number of nitrogens with one attached hydrogen (secondary N) is 1. The summed E-state index contributed by atoms with van der Waals surface area (Å²) in [5.41, 5.74) is 0. The van der Waals surface area contributed by atoms with Gasteiger partial charge in [0.2, 0.25) is 11.8 Å². The zero-order valence-electron chi connectivity index (χ0n) is 11.4. The summed E-state index contributed by atoms with van der Waals surface area (Å²) in [6.45, 7) is 3.95. The molecule has 1 N–H and O–H groups in total. The Kier molecular flexibility index (Phi) is 4.38. The van der Waals surface area contributed by atoms with E-state index in [0.717, 1.165) is 19.3 Å². The van der Waals surface area contributed by atoms with Crippen molar-refractivity contribution in [3.8, 4) is 0 Å². The van der Waals surface area contributed by atoms with Crippen molar-refractivity contribution >= 4 is 11.8 Å². The quantitative estimate of drug-likeness (QED) is 0.777.